The first kappa shape index (κ1) is 11.2. The Hall–Kier alpha value is -0.860. The lowest BCUT2D eigenvalue weighted by Gasteiger charge is -2.51. The molecule has 1 fully saturated rings. The van der Waals surface area contributed by atoms with Crippen LogP contribution in [0.1, 0.15) is 33.6 Å². The van der Waals surface area contributed by atoms with Crippen LogP contribution in [0.4, 0.5) is 0 Å². The van der Waals surface area contributed by atoms with Crippen molar-refractivity contribution in [3.8, 4) is 0 Å². The monoisotopic (exact) mass is 197 g/mol. The van der Waals surface area contributed by atoms with Crippen LogP contribution in [0, 0.1) is 17.3 Å². The normalized spacial score (nSPS) is 29.1. The molecule has 2 atom stereocenters. The molecule has 2 unspecified atom stereocenters. The molecule has 1 aliphatic carbocycles. The molecule has 0 aromatic rings. The first-order valence-electron chi connectivity index (χ1n) is 5.10. The van der Waals surface area contributed by atoms with E-state index in [-0.39, 0.29) is 23.0 Å². The Kier molecular flexibility index (Phi) is 2.98. The quantitative estimate of drug-likeness (QED) is 0.742. The number of rotatable bonds is 3. The Morgan fingerprint density at radius 3 is 2.36 bits per heavy atom. The van der Waals surface area contributed by atoms with Crippen LogP contribution in [0.5, 0.6) is 0 Å². The summed E-state index contributed by atoms with van der Waals surface area (Å²) in [4.78, 5) is 22.4. The van der Waals surface area contributed by atoms with Crippen molar-refractivity contribution < 1.29 is 9.59 Å². The van der Waals surface area contributed by atoms with Gasteiger partial charge in [-0.3, -0.25) is 9.59 Å². The second-order valence-electron chi connectivity index (χ2n) is 4.79. The summed E-state index contributed by atoms with van der Waals surface area (Å²) < 4.78 is 0. The molecule has 0 bridgehead atoms. The average Bonchev–Trinajstić information content (AvgIpc) is 2.10. The average molecular weight is 197 g/mol. The van der Waals surface area contributed by atoms with Gasteiger partial charge in [0.15, 0.2) is 0 Å². The fourth-order valence-corrected chi connectivity index (χ4v) is 2.38. The molecule has 80 valence electrons. The van der Waals surface area contributed by atoms with Gasteiger partial charge in [0, 0.05) is 19.4 Å². The van der Waals surface area contributed by atoms with E-state index < -0.39 is 0 Å². The standard InChI is InChI=1S/C11H19NO2/c1-7(13)9-5-8(11(9,2)3)6-10(14)12-4/h8-9H,5-6H2,1-4H3,(H,12,14). The van der Waals surface area contributed by atoms with E-state index in [1.807, 2.05) is 0 Å². The summed E-state index contributed by atoms with van der Waals surface area (Å²) >= 11 is 0. The van der Waals surface area contributed by atoms with Gasteiger partial charge in [-0.05, 0) is 24.7 Å². The van der Waals surface area contributed by atoms with Gasteiger partial charge in [0.2, 0.25) is 5.91 Å². The number of ketones is 1. The summed E-state index contributed by atoms with van der Waals surface area (Å²) in [5, 5.41) is 2.62. The summed E-state index contributed by atoms with van der Waals surface area (Å²) in [5.41, 5.74) is -0.00164. The van der Waals surface area contributed by atoms with E-state index >= 15 is 0 Å². The van der Waals surface area contributed by atoms with Crippen molar-refractivity contribution in [2.24, 2.45) is 17.3 Å². The van der Waals surface area contributed by atoms with Crippen LogP contribution >= 0.6 is 0 Å². The summed E-state index contributed by atoms with van der Waals surface area (Å²) in [7, 11) is 1.65. The number of Topliss-reactive ketones (excluding diaryl/α,β-unsaturated/α-hetero) is 1. The van der Waals surface area contributed by atoms with Gasteiger partial charge in [-0.15, -0.1) is 0 Å². The summed E-state index contributed by atoms with van der Waals surface area (Å²) in [6, 6.07) is 0. The number of nitrogens with one attached hydrogen (secondary N) is 1. The van der Waals surface area contributed by atoms with Crippen molar-refractivity contribution in [3.63, 3.8) is 0 Å². The highest BCUT2D eigenvalue weighted by Gasteiger charge is 2.50. The number of carbonyl (C=O) groups is 2. The van der Waals surface area contributed by atoms with Crippen LogP contribution in [0.2, 0.25) is 0 Å². The molecular weight excluding hydrogens is 178 g/mol. The minimum atomic E-state index is -0.00164. The molecule has 14 heavy (non-hydrogen) atoms. The maximum atomic E-state index is 11.2. The fourth-order valence-electron chi connectivity index (χ4n) is 2.38. The Morgan fingerprint density at radius 1 is 1.43 bits per heavy atom. The van der Waals surface area contributed by atoms with E-state index in [9.17, 15) is 9.59 Å². The molecule has 1 N–H and O–H groups in total. The van der Waals surface area contributed by atoms with E-state index in [1.165, 1.54) is 0 Å². The molecule has 0 spiro atoms. The van der Waals surface area contributed by atoms with Gasteiger partial charge in [-0.1, -0.05) is 13.8 Å². The zero-order valence-corrected chi connectivity index (χ0v) is 9.39. The highest BCUT2D eigenvalue weighted by Crippen LogP contribution is 2.53. The van der Waals surface area contributed by atoms with E-state index in [4.69, 9.17) is 0 Å². The summed E-state index contributed by atoms with van der Waals surface area (Å²) in [6.45, 7) is 5.80. The van der Waals surface area contributed by atoms with Gasteiger partial charge in [0.1, 0.15) is 5.78 Å². The topological polar surface area (TPSA) is 46.2 Å². The predicted molar refractivity (Wildman–Crippen MR) is 54.7 cm³/mol. The SMILES string of the molecule is CNC(=O)CC1CC(C(C)=O)C1(C)C. The summed E-state index contributed by atoms with van der Waals surface area (Å²) in [5.74, 6) is 0.835. The smallest absolute Gasteiger partial charge is 0.220 e. The van der Waals surface area contributed by atoms with Crippen molar-refractivity contribution in [1.29, 1.82) is 0 Å². The third kappa shape index (κ3) is 1.81. The zero-order chi connectivity index (χ0) is 10.9. The lowest BCUT2D eigenvalue weighted by atomic mass is 9.52. The molecule has 0 saturated heterocycles. The number of carbonyl (C=O) groups excluding carboxylic acids is 2. The fraction of sp³-hybridized carbons (Fsp3) is 0.818. The van der Waals surface area contributed by atoms with Gasteiger partial charge in [0.25, 0.3) is 0 Å². The molecule has 1 rings (SSSR count). The van der Waals surface area contributed by atoms with Crippen LogP contribution in [-0.4, -0.2) is 18.7 Å². The maximum Gasteiger partial charge on any atom is 0.220 e. The molecule has 1 aliphatic rings. The molecule has 3 nitrogen and oxygen atoms in total. The third-order valence-corrected chi connectivity index (χ3v) is 3.67. The summed E-state index contributed by atoms with van der Waals surface area (Å²) in [6.07, 6.45) is 1.42. The predicted octanol–water partition coefficient (Wildman–Crippen LogP) is 1.37. The van der Waals surface area contributed by atoms with Crippen molar-refractivity contribution in [2.45, 2.75) is 33.6 Å². The van der Waals surface area contributed by atoms with E-state index in [0.717, 1.165) is 6.42 Å². The highest BCUT2D eigenvalue weighted by molar-refractivity contribution is 5.81. The lowest BCUT2D eigenvalue weighted by Crippen LogP contribution is -2.49. The Morgan fingerprint density at radius 2 is 2.00 bits per heavy atom. The second kappa shape index (κ2) is 3.71. The molecule has 0 aromatic heterocycles. The molecule has 1 amide bonds. The molecule has 0 aliphatic heterocycles. The Balaban J connectivity index is 2.54. The molecule has 1 saturated carbocycles. The molecule has 0 heterocycles. The maximum absolute atomic E-state index is 11.2. The number of hydrogen-bond donors (Lipinski definition) is 1. The third-order valence-electron chi connectivity index (χ3n) is 3.67. The first-order chi connectivity index (χ1) is 6.39. The van der Waals surface area contributed by atoms with Crippen LogP contribution in [0.3, 0.4) is 0 Å². The molecule has 3 heteroatoms. The molecule has 0 aromatic carbocycles. The highest BCUT2D eigenvalue weighted by atomic mass is 16.1. The Bertz CT molecular complexity index is 258. The minimum Gasteiger partial charge on any atom is -0.359 e. The Labute approximate surface area is 85.3 Å². The van der Waals surface area contributed by atoms with E-state index in [0.29, 0.717) is 12.3 Å². The largest absolute Gasteiger partial charge is 0.359 e. The van der Waals surface area contributed by atoms with Gasteiger partial charge < -0.3 is 5.32 Å². The van der Waals surface area contributed by atoms with Crippen molar-refractivity contribution in [3.05, 3.63) is 0 Å². The van der Waals surface area contributed by atoms with Crippen LogP contribution in [0.25, 0.3) is 0 Å². The van der Waals surface area contributed by atoms with Crippen LogP contribution in [-0.2, 0) is 9.59 Å². The molecule has 0 radical (unpaired) electrons. The van der Waals surface area contributed by atoms with E-state index in [2.05, 4.69) is 19.2 Å². The first-order valence-corrected chi connectivity index (χ1v) is 5.10. The van der Waals surface area contributed by atoms with Gasteiger partial charge in [-0.25, -0.2) is 0 Å². The van der Waals surface area contributed by atoms with Gasteiger partial charge >= 0.3 is 0 Å². The second-order valence-corrected chi connectivity index (χ2v) is 4.79. The van der Waals surface area contributed by atoms with Crippen molar-refractivity contribution >= 4 is 11.7 Å². The lowest BCUT2D eigenvalue weighted by molar-refractivity contribution is -0.140. The number of hydrogen-bond acceptors (Lipinski definition) is 2. The van der Waals surface area contributed by atoms with Crippen molar-refractivity contribution in [1.82, 2.24) is 5.32 Å². The number of amides is 1. The van der Waals surface area contributed by atoms with Crippen LogP contribution < -0.4 is 5.32 Å². The van der Waals surface area contributed by atoms with Gasteiger partial charge in [-0.2, -0.15) is 0 Å². The zero-order valence-electron chi connectivity index (χ0n) is 9.39. The van der Waals surface area contributed by atoms with Crippen LogP contribution in [0.15, 0.2) is 0 Å². The minimum absolute atomic E-state index is 0.00164. The van der Waals surface area contributed by atoms with Gasteiger partial charge in [0.05, 0.1) is 0 Å². The van der Waals surface area contributed by atoms with Crippen molar-refractivity contribution in [2.75, 3.05) is 7.05 Å². The van der Waals surface area contributed by atoms with E-state index in [1.54, 1.807) is 14.0 Å². The molecular formula is C11H19NO2.